The van der Waals surface area contributed by atoms with Gasteiger partial charge in [-0.05, 0) is 80.4 Å². The summed E-state index contributed by atoms with van der Waals surface area (Å²) in [6, 6.07) is 7.04. The van der Waals surface area contributed by atoms with Gasteiger partial charge in [0.1, 0.15) is 5.82 Å². The Morgan fingerprint density at radius 2 is 1.52 bits per heavy atom. The first kappa shape index (κ1) is 22.6. The summed E-state index contributed by atoms with van der Waals surface area (Å²) in [5.74, 6) is 2.84. The summed E-state index contributed by atoms with van der Waals surface area (Å²) in [5, 5.41) is 0. The lowest BCUT2D eigenvalue weighted by molar-refractivity contribution is 0.185. The quantitative estimate of drug-likeness (QED) is 0.257. The molecule has 1 fully saturated rings. The van der Waals surface area contributed by atoms with Crippen LogP contribution in [0.1, 0.15) is 109 Å². The summed E-state index contributed by atoms with van der Waals surface area (Å²) in [7, 11) is 0. The molecule has 2 aliphatic rings. The molecule has 0 radical (unpaired) electrons. The van der Waals surface area contributed by atoms with Gasteiger partial charge >= 0.3 is 0 Å². The van der Waals surface area contributed by atoms with Crippen LogP contribution in [-0.2, 0) is 6.42 Å². The van der Waals surface area contributed by atoms with Gasteiger partial charge in [0.2, 0.25) is 0 Å². The van der Waals surface area contributed by atoms with Crippen molar-refractivity contribution < 1.29 is 4.39 Å². The molecule has 0 nitrogen and oxygen atoms in total. The molecule has 1 aromatic carbocycles. The summed E-state index contributed by atoms with van der Waals surface area (Å²) in [4.78, 5) is 0. The van der Waals surface area contributed by atoms with Gasteiger partial charge in [0.15, 0.2) is 0 Å². The summed E-state index contributed by atoms with van der Waals surface area (Å²) < 4.78 is 13.0. The van der Waals surface area contributed by atoms with Crippen LogP contribution in [0.15, 0.2) is 35.9 Å². The molecular formula is C28H43F. The van der Waals surface area contributed by atoms with Crippen molar-refractivity contribution in [1.82, 2.24) is 0 Å². The lowest BCUT2D eigenvalue weighted by atomic mass is 9.70. The molecule has 3 rings (SSSR count). The van der Waals surface area contributed by atoms with E-state index in [0.29, 0.717) is 0 Å². The zero-order valence-electron chi connectivity index (χ0n) is 18.8. The average Bonchev–Trinajstić information content (AvgIpc) is 2.77. The lowest BCUT2D eigenvalue weighted by Crippen LogP contribution is -2.23. The molecule has 0 spiro atoms. The molecule has 0 bridgehead atoms. The summed E-state index contributed by atoms with van der Waals surface area (Å²) in [6.45, 7) is 2.30. The number of allylic oxidation sites excluding steroid dienone is 2. The summed E-state index contributed by atoms with van der Waals surface area (Å²) in [6.07, 6.45) is 24.9. The number of rotatable bonds is 11. The van der Waals surface area contributed by atoms with Gasteiger partial charge < -0.3 is 0 Å². The Bertz CT molecular complexity index is 591. The number of halogens is 1. The number of unbranched alkanes of at least 4 members (excludes halogenated alkanes) is 5. The van der Waals surface area contributed by atoms with Crippen LogP contribution in [0.4, 0.5) is 4.39 Å². The largest absolute Gasteiger partial charge is 0.207 e. The van der Waals surface area contributed by atoms with Crippen molar-refractivity contribution in [2.75, 3.05) is 0 Å². The van der Waals surface area contributed by atoms with E-state index < -0.39 is 0 Å². The van der Waals surface area contributed by atoms with Crippen LogP contribution in [0.2, 0.25) is 0 Å². The van der Waals surface area contributed by atoms with E-state index in [-0.39, 0.29) is 5.82 Å². The second kappa shape index (κ2) is 12.6. The molecule has 1 aromatic rings. The third kappa shape index (κ3) is 7.91. The van der Waals surface area contributed by atoms with Gasteiger partial charge in [-0.2, -0.15) is 0 Å². The van der Waals surface area contributed by atoms with E-state index in [1.165, 1.54) is 95.5 Å². The molecule has 0 aliphatic heterocycles. The van der Waals surface area contributed by atoms with Gasteiger partial charge in [-0.3, -0.25) is 0 Å². The monoisotopic (exact) mass is 398 g/mol. The molecule has 2 aliphatic carbocycles. The second-order valence-electron chi connectivity index (χ2n) is 9.86. The molecule has 29 heavy (non-hydrogen) atoms. The van der Waals surface area contributed by atoms with E-state index in [1.807, 2.05) is 12.1 Å². The van der Waals surface area contributed by atoms with Gasteiger partial charge in [-0.15, -0.1) is 0 Å². The Kier molecular flexibility index (Phi) is 9.77. The Hall–Kier alpha value is -1.11. The van der Waals surface area contributed by atoms with Gasteiger partial charge in [0.05, 0.1) is 0 Å². The molecule has 1 atom stereocenters. The molecule has 1 unspecified atom stereocenters. The van der Waals surface area contributed by atoms with Crippen LogP contribution >= 0.6 is 0 Å². The Morgan fingerprint density at radius 3 is 2.21 bits per heavy atom. The molecule has 162 valence electrons. The topological polar surface area (TPSA) is 0 Å². The molecular weight excluding hydrogens is 355 g/mol. The summed E-state index contributed by atoms with van der Waals surface area (Å²) in [5.41, 5.74) is 2.90. The number of aryl methyl sites for hydroxylation is 1. The zero-order chi connectivity index (χ0) is 20.3. The summed E-state index contributed by atoms with van der Waals surface area (Å²) >= 11 is 0. The third-order valence-corrected chi connectivity index (χ3v) is 7.72. The minimum absolute atomic E-state index is 0.129. The van der Waals surface area contributed by atoms with E-state index in [4.69, 9.17) is 0 Å². The van der Waals surface area contributed by atoms with Crippen LogP contribution in [-0.4, -0.2) is 0 Å². The maximum Gasteiger partial charge on any atom is 0.123 e. The van der Waals surface area contributed by atoms with Crippen molar-refractivity contribution in [1.29, 1.82) is 0 Å². The average molecular weight is 399 g/mol. The highest BCUT2D eigenvalue weighted by atomic mass is 19.1. The predicted molar refractivity (Wildman–Crippen MR) is 124 cm³/mol. The van der Waals surface area contributed by atoms with Gasteiger partial charge in [-0.1, -0.05) is 88.5 Å². The number of hydrogen-bond acceptors (Lipinski definition) is 0. The highest BCUT2D eigenvalue weighted by molar-refractivity contribution is 5.18. The fourth-order valence-electron chi connectivity index (χ4n) is 5.68. The number of hydrogen-bond donors (Lipinski definition) is 0. The van der Waals surface area contributed by atoms with E-state index in [9.17, 15) is 4.39 Å². The van der Waals surface area contributed by atoms with Crippen LogP contribution < -0.4 is 0 Å². The van der Waals surface area contributed by atoms with Gasteiger partial charge in [0.25, 0.3) is 0 Å². The number of benzene rings is 1. The van der Waals surface area contributed by atoms with E-state index >= 15 is 0 Å². The van der Waals surface area contributed by atoms with Crippen molar-refractivity contribution in [3.05, 3.63) is 47.3 Å². The molecule has 0 aromatic heterocycles. The highest BCUT2D eigenvalue weighted by Gasteiger charge is 2.28. The van der Waals surface area contributed by atoms with Crippen LogP contribution in [0.25, 0.3) is 0 Å². The van der Waals surface area contributed by atoms with E-state index in [0.717, 1.165) is 30.6 Å². The SMILES string of the molecule is CCCCCCCC[C@H]1CC[C@H](C2CC=C(CCc3ccc(F)cc3)CC2)CC1. The standard InChI is InChI=1S/C28H43F/c1-2-3-4-5-6-7-8-23-11-17-26(18-12-23)27-19-13-24(14-20-27)9-10-25-15-21-28(29)22-16-25/h13,15-16,21-23,26-27H,2-12,14,17-20H2,1H3/t23-,26-,27?. The first-order chi connectivity index (χ1) is 14.2. The molecule has 0 N–H and O–H groups in total. The molecule has 0 heterocycles. The van der Waals surface area contributed by atoms with E-state index in [2.05, 4.69) is 13.0 Å². The van der Waals surface area contributed by atoms with Gasteiger partial charge in [0, 0.05) is 0 Å². The normalized spacial score (nSPS) is 25.0. The van der Waals surface area contributed by atoms with Gasteiger partial charge in [-0.25, -0.2) is 4.39 Å². The molecule has 1 saturated carbocycles. The van der Waals surface area contributed by atoms with Crippen LogP contribution in [0.3, 0.4) is 0 Å². The van der Waals surface area contributed by atoms with E-state index in [1.54, 1.807) is 17.7 Å². The zero-order valence-corrected chi connectivity index (χ0v) is 18.8. The van der Waals surface area contributed by atoms with Crippen molar-refractivity contribution in [3.63, 3.8) is 0 Å². The Balaban J connectivity index is 1.29. The minimum atomic E-state index is -0.129. The first-order valence-electron chi connectivity index (χ1n) is 12.7. The van der Waals surface area contributed by atoms with Crippen LogP contribution in [0, 0.1) is 23.6 Å². The smallest absolute Gasteiger partial charge is 0.123 e. The van der Waals surface area contributed by atoms with Crippen molar-refractivity contribution in [3.8, 4) is 0 Å². The third-order valence-electron chi connectivity index (χ3n) is 7.72. The molecule has 1 heteroatoms. The Morgan fingerprint density at radius 1 is 0.793 bits per heavy atom. The molecule has 0 amide bonds. The molecule has 0 saturated heterocycles. The first-order valence-corrected chi connectivity index (χ1v) is 12.7. The van der Waals surface area contributed by atoms with Crippen molar-refractivity contribution in [2.45, 2.75) is 110 Å². The fourth-order valence-corrected chi connectivity index (χ4v) is 5.68. The fraction of sp³-hybridized carbons (Fsp3) is 0.714. The minimum Gasteiger partial charge on any atom is -0.207 e. The maximum absolute atomic E-state index is 13.0. The van der Waals surface area contributed by atoms with Crippen molar-refractivity contribution >= 4 is 0 Å². The maximum atomic E-state index is 13.0. The Labute approximate surface area is 179 Å². The lowest BCUT2D eigenvalue weighted by Gasteiger charge is -2.35. The predicted octanol–water partition coefficient (Wildman–Crippen LogP) is 9.04. The van der Waals surface area contributed by atoms with Crippen LogP contribution in [0.5, 0.6) is 0 Å². The second-order valence-corrected chi connectivity index (χ2v) is 9.86. The van der Waals surface area contributed by atoms with Crippen molar-refractivity contribution in [2.24, 2.45) is 17.8 Å². The highest BCUT2D eigenvalue weighted by Crippen LogP contribution is 2.41.